The van der Waals surface area contributed by atoms with Crippen LogP contribution in [0.5, 0.6) is 0 Å². The van der Waals surface area contributed by atoms with Gasteiger partial charge in [-0.05, 0) is 45.7 Å². The van der Waals surface area contributed by atoms with Crippen molar-refractivity contribution in [2.45, 2.75) is 46.2 Å². The van der Waals surface area contributed by atoms with Crippen molar-refractivity contribution < 1.29 is 9.21 Å². The number of amides is 1. The number of carbonyl (C=O) groups excluding carboxylic acids is 1. The number of carbonyl (C=O) groups is 1. The zero-order valence-corrected chi connectivity index (χ0v) is 10.2. The Kier molecular flexibility index (Phi) is 3.03. The molecule has 0 N–H and O–H groups in total. The molecule has 16 heavy (non-hydrogen) atoms. The van der Waals surface area contributed by atoms with E-state index in [1.54, 1.807) is 0 Å². The molecule has 3 nitrogen and oxygen atoms in total. The summed E-state index contributed by atoms with van der Waals surface area (Å²) in [6, 6.07) is 4.12. The molecule has 1 aliphatic carbocycles. The van der Waals surface area contributed by atoms with Crippen molar-refractivity contribution in [2.75, 3.05) is 0 Å². The van der Waals surface area contributed by atoms with Crippen LogP contribution in [0.25, 0.3) is 0 Å². The number of aryl methyl sites for hydroxylation is 1. The van der Waals surface area contributed by atoms with Crippen LogP contribution < -0.4 is 0 Å². The summed E-state index contributed by atoms with van der Waals surface area (Å²) in [5, 5.41) is 0. The smallest absolute Gasteiger partial charge is 0.226 e. The van der Waals surface area contributed by atoms with Crippen LogP contribution in [0.2, 0.25) is 0 Å². The van der Waals surface area contributed by atoms with E-state index in [4.69, 9.17) is 4.42 Å². The first-order valence-electron chi connectivity index (χ1n) is 5.93. The molecular weight excluding hydrogens is 202 g/mol. The fourth-order valence-corrected chi connectivity index (χ4v) is 1.82. The third-order valence-electron chi connectivity index (χ3n) is 2.96. The van der Waals surface area contributed by atoms with Crippen LogP contribution in [0.3, 0.4) is 0 Å². The molecule has 0 unspecified atom stereocenters. The highest BCUT2D eigenvalue weighted by atomic mass is 16.3. The summed E-state index contributed by atoms with van der Waals surface area (Å²) >= 11 is 0. The van der Waals surface area contributed by atoms with E-state index in [1.807, 2.05) is 24.0 Å². The first kappa shape index (κ1) is 11.2. The maximum absolute atomic E-state index is 12.0. The van der Waals surface area contributed by atoms with Gasteiger partial charge in [0, 0.05) is 12.0 Å². The monoisotopic (exact) mass is 221 g/mol. The molecule has 0 aromatic carbocycles. The van der Waals surface area contributed by atoms with Crippen molar-refractivity contribution >= 4 is 5.91 Å². The minimum atomic E-state index is 0.235. The second-order valence-corrected chi connectivity index (χ2v) is 4.85. The topological polar surface area (TPSA) is 33.5 Å². The summed E-state index contributed by atoms with van der Waals surface area (Å²) in [4.78, 5) is 14.0. The summed E-state index contributed by atoms with van der Waals surface area (Å²) in [7, 11) is 0. The average molecular weight is 221 g/mol. The van der Waals surface area contributed by atoms with E-state index < -0.39 is 0 Å². The lowest BCUT2D eigenvalue weighted by atomic mass is 10.2. The van der Waals surface area contributed by atoms with Gasteiger partial charge in [0.15, 0.2) is 0 Å². The molecule has 1 aliphatic rings. The first-order valence-corrected chi connectivity index (χ1v) is 5.93. The van der Waals surface area contributed by atoms with E-state index >= 15 is 0 Å². The summed E-state index contributed by atoms with van der Waals surface area (Å²) < 4.78 is 5.52. The zero-order valence-electron chi connectivity index (χ0n) is 10.2. The molecule has 1 aromatic rings. The Bertz CT molecular complexity index is 377. The molecule has 1 heterocycles. The fraction of sp³-hybridized carbons (Fsp3) is 0.615. The summed E-state index contributed by atoms with van der Waals surface area (Å²) in [6.45, 7) is 6.62. The van der Waals surface area contributed by atoms with E-state index in [1.165, 1.54) is 0 Å². The summed E-state index contributed by atoms with van der Waals surface area (Å²) in [6.07, 6.45) is 2.11. The highest BCUT2D eigenvalue weighted by molar-refractivity contribution is 5.81. The molecule has 1 amide bonds. The average Bonchev–Trinajstić information content (AvgIpc) is 2.98. The van der Waals surface area contributed by atoms with Crippen molar-refractivity contribution in [1.82, 2.24) is 4.90 Å². The third kappa shape index (κ3) is 2.46. The van der Waals surface area contributed by atoms with Crippen molar-refractivity contribution in [2.24, 2.45) is 5.92 Å². The van der Waals surface area contributed by atoms with Gasteiger partial charge in [0.25, 0.3) is 0 Å². The van der Waals surface area contributed by atoms with Crippen LogP contribution >= 0.6 is 0 Å². The predicted octanol–water partition coefficient (Wildman–Crippen LogP) is 2.74. The quantitative estimate of drug-likeness (QED) is 0.783. The summed E-state index contributed by atoms with van der Waals surface area (Å²) in [5.41, 5.74) is 0. The molecule has 88 valence electrons. The largest absolute Gasteiger partial charge is 0.464 e. The maximum atomic E-state index is 12.0. The molecule has 0 saturated heterocycles. The lowest BCUT2D eigenvalue weighted by molar-refractivity contribution is -0.135. The molecule has 0 bridgehead atoms. The van der Waals surface area contributed by atoms with Gasteiger partial charge in [0.1, 0.15) is 11.5 Å². The van der Waals surface area contributed by atoms with Gasteiger partial charge in [-0.1, -0.05) is 0 Å². The first-order chi connectivity index (χ1) is 7.58. The van der Waals surface area contributed by atoms with Gasteiger partial charge >= 0.3 is 0 Å². The number of hydrogen-bond donors (Lipinski definition) is 0. The highest BCUT2D eigenvalue weighted by Gasteiger charge is 2.34. The van der Waals surface area contributed by atoms with Gasteiger partial charge in [-0.25, -0.2) is 0 Å². The van der Waals surface area contributed by atoms with Crippen LogP contribution in [0, 0.1) is 12.8 Å². The van der Waals surface area contributed by atoms with Gasteiger partial charge in [-0.3, -0.25) is 4.79 Å². The van der Waals surface area contributed by atoms with Gasteiger partial charge in [0.05, 0.1) is 6.54 Å². The molecule has 1 saturated carbocycles. The van der Waals surface area contributed by atoms with Gasteiger partial charge < -0.3 is 9.32 Å². The third-order valence-corrected chi connectivity index (χ3v) is 2.96. The molecule has 3 heteroatoms. The van der Waals surface area contributed by atoms with Crippen molar-refractivity contribution in [3.8, 4) is 0 Å². The van der Waals surface area contributed by atoms with Gasteiger partial charge in [-0.2, -0.15) is 0 Å². The van der Waals surface area contributed by atoms with E-state index in [9.17, 15) is 4.79 Å². The summed E-state index contributed by atoms with van der Waals surface area (Å²) in [5.74, 6) is 2.33. The second-order valence-electron chi connectivity index (χ2n) is 4.85. The van der Waals surface area contributed by atoms with E-state index in [0.29, 0.717) is 6.54 Å². The molecule has 2 rings (SSSR count). The van der Waals surface area contributed by atoms with E-state index in [0.717, 1.165) is 24.4 Å². The Morgan fingerprint density at radius 1 is 1.50 bits per heavy atom. The standard InChI is InChI=1S/C13H19NO2/c1-9(2)14(13(15)11-5-6-11)8-12-7-4-10(3)16-12/h4,7,9,11H,5-6,8H2,1-3H3. The second kappa shape index (κ2) is 4.32. The highest BCUT2D eigenvalue weighted by Crippen LogP contribution is 2.32. The Hall–Kier alpha value is -1.25. The number of nitrogens with zero attached hydrogens (tertiary/aromatic N) is 1. The lowest BCUT2D eigenvalue weighted by Gasteiger charge is -2.25. The maximum Gasteiger partial charge on any atom is 0.226 e. The van der Waals surface area contributed by atoms with Gasteiger partial charge in [0.2, 0.25) is 5.91 Å². The molecule has 1 fully saturated rings. The Balaban J connectivity index is 2.05. The SMILES string of the molecule is Cc1ccc(CN(C(=O)C2CC2)C(C)C)o1. The van der Waals surface area contributed by atoms with Crippen LogP contribution in [0.4, 0.5) is 0 Å². The molecule has 0 radical (unpaired) electrons. The van der Waals surface area contributed by atoms with Crippen molar-refractivity contribution in [3.63, 3.8) is 0 Å². The predicted molar refractivity (Wildman–Crippen MR) is 61.9 cm³/mol. The number of furan rings is 1. The molecule has 0 atom stereocenters. The van der Waals surface area contributed by atoms with E-state index in [2.05, 4.69) is 13.8 Å². The van der Waals surface area contributed by atoms with Crippen molar-refractivity contribution in [3.05, 3.63) is 23.7 Å². The number of hydrogen-bond acceptors (Lipinski definition) is 2. The van der Waals surface area contributed by atoms with Gasteiger partial charge in [-0.15, -0.1) is 0 Å². The van der Waals surface area contributed by atoms with E-state index in [-0.39, 0.29) is 17.9 Å². The molecule has 1 aromatic heterocycles. The Morgan fingerprint density at radius 2 is 2.19 bits per heavy atom. The minimum Gasteiger partial charge on any atom is -0.464 e. The van der Waals surface area contributed by atoms with Crippen LogP contribution in [-0.2, 0) is 11.3 Å². The van der Waals surface area contributed by atoms with Crippen LogP contribution in [-0.4, -0.2) is 16.8 Å². The van der Waals surface area contributed by atoms with Crippen LogP contribution in [0.15, 0.2) is 16.5 Å². The Morgan fingerprint density at radius 3 is 2.62 bits per heavy atom. The molecule has 0 spiro atoms. The minimum absolute atomic E-state index is 0.235. The van der Waals surface area contributed by atoms with Crippen LogP contribution in [0.1, 0.15) is 38.2 Å². The normalized spacial score (nSPS) is 15.5. The van der Waals surface area contributed by atoms with Crippen molar-refractivity contribution in [1.29, 1.82) is 0 Å². The molecule has 0 aliphatic heterocycles. The fourth-order valence-electron chi connectivity index (χ4n) is 1.82. The number of rotatable bonds is 4. The zero-order chi connectivity index (χ0) is 11.7. The molecular formula is C13H19NO2. The lowest BCUT2D eigenvalue weighted by Crippen LogP contribution is -2.37. The Labute approximate surface area is 96.4 Å².